The third-order valence-electron chi connectivity index (χ3n) is 2.69. The molecule has 0 aliphatic heterocycles. The van der Waals surface area contributed by atoms with Gasteiger partial charge >= 0.3 is 0 Å². The van der Waals surface area contributed by atoms with Crippen LogP contribution in [0.3, 0.4) is 0 Å². The standard InChI is InChI=1S/C10H19ClO3S/c1-9(2,3)6-7-14-8-10(4-5-10)15(11,12)13/h4-8H2,1-3H3. The summed E-state index contributed by atoms with van der Waals surface area (Å²) < 4.78 is 27.0. The molecule has 0 atom stereocenters. The quantitative estimate of drug-likeness (QED) is 0.559. The molecule has 0 aromatic heterocycles. The van der Waals surface area contributed by atoms with E-state index in [0.717, 1.165) is 6.42 Å². The van der Waals surface area contributed by atoms with Crippen LogP contribution >= 0.6 is 10.7 Å². The van der Waals surface area contributed by atoms with Crippen molar-refractivity contribution < 1.29 is 13.2 Å². The SMILES string of the molecule is CC(C)(C)CCOCC1(S(=O)(=O)Cl)CC1. The van der Waals surface area contributed by atoms with Crippen LogP contribution < -0.4 is 0 Å². The third kappa shape index (κ3) is 3.93. The van der Waals surface area contributed by atoms with Gasteiger partial charge in [-0.05, 0) is 24.7 Å². The summed E-state index contributed by atoms with van der Waals surface area (Å²) >= 11 is 0. The minimum Gasteiger partial charge on any atom is -0.380 e. The Morgan fingerprint density at radius 2 is 1.87 bits per heavy atom. The van der Waals surface area contributed by atoms with Gasteiger partial charge in [-0.2, -0.15) is 0 Å². The molecule has 1 saturated carbocycles. The van der Waals surface area contributed by atoms with E-state index < -0.39 is 13.8 Å². The van der Waals surface area contributed by atoms with Gasteiger partial charge in [0.2, 0.25) is 9.05 Å². The summed E-state index contributed by atoms with van der Waals surface area (Å²) in [7, 11) is 1.89. The normalized spacial score (nSPS) is 20.3. The fourth-order valence-corrected chi connectivity index (χ4v) is 2.64. The molecule has 1 fully saturated rings. The first-order valence-electron chi connectivity index (χ1n) is 5.18. The van der Waals surface area contributed by atoms with Crippen molar-refractivity contribution >= 4 is 19.7 Å². The highest BCUT2D eigenvalue weighted by molar-refractivity contribution is 8.15. The van der Waals surface area contributed by atoms with Gasteiger partial charge in [0.25, 0.3) is 0 Å². The fraction of sp³-hybridized carbons (Fsp3) is 1.00. The summed E-state index contributed by atoms with van der Waals surface area (Å²) in [5, 5.41) is 0. The molecule has 1 rings (SSSR count). The van der Waals surface area contributed by atoms with E-state index in [0.29, 0.717) is 19.4 Å². The monoisotopic (exact) mass is 254 g/mol. The van der Waals surface area contributed by atoms with Gasteiger partial charge in [-0.1, -0.05) is 20.8 Å². The molecule has 0 bridgehead atoms. The van der Waals surface area contributed by atoms with Crippen molar-refractivity contribution in [2.24, 2.45) is 5.41 Å². The first-order chi connectivity index (χ1) is 6.66. The topological polar surface area (TPSA) is 43.4 Å². The molecule has 5 heteroatoms. The maximum Gasteiger partial charge on any atom is 0.240 e. The molecule has 90 valence electrons. The van der Waals surface area contributed by atoms with Crippen molar-refractivity contribution in [3.63, 3.8) is 0 Å². The van der Waals surface area contributed by atoms with E-state index in [1.165, 1.54) is 0 Å². The highest BCUT2D eigenvalue weighted by atomic mass is 35.7. The summed E-state index contributed by atoms with van der Waals surface area (Å²) in [6.07, 6.45) is 2.19. The second kappa shape index (κ2) is 4.22. The van der Waals surface area contributed by atoms with Gasteiger partial charge < -0.3 is 4.74 Å². The van der Waals surface area contributed by atoms with Crippen LogP contribution in [0.15, 0.2) is 0 Å². The van der Waals surface area contributed by atoms with Gasteiger partial charge in [-0.15, -0.1) is 0 Å². The zero-order valence-electron chi connectivity index (χ0n) is 9.55. The molecule has 1 aliphatic carbocycles. The number of hydrogen-bond donors (Lipinski definition) is 0. The highest BCUT2D eigenvalue weighted by Crippen LogP contribution is 2.45. The van der Waals surface area contributed by atoms with E-state index in [2.05, 4.69) is 20.8 Å². The van der Waals surface area contributed by atoms with Gasteiger partial charge in [0, 0.05) is 17.3 Å². The summed E-state index contributed by atoms with van der Waals surface area (Å²) in [5.41, 5.74) is 0.219. The Morgan fingerprint density at radius 1 is 1.33 bits per heavy atom. The second-order valence-corrected chi connectivity index (χ2v) is 8.44. The highest BCUT2D eigenvalue weighted by Gasteiger charge is 2.54. The lowest BCUT2D eigenvalue weighted by molar-refractivity contribution is 0.105. The summed E-state index contributed by atoms with van der Waals surface area (Å²) in [6.45, 7) is 7.22. The minimum atomic E-state index is -3.46. The zero-order chi connectivity index (χ0) is 11.7. The smallest absolute Gasteiger partial charge is 0.240 e. The molecule has 0 aromatic carbocycles. The van der Waals surface area contributed by atoms with Crippen LogP contribution in [0, 0.1) is 5.41 Å². The van der Waals surface area contributed by atoms with Gasteiger partial charge in [-0.3, -0.25) is 0 Å². The van der Waals surface area contributed by atoms with E-state index in [1.54, 1.807) is 0 Å². The Bertz CT molecular complexity index is 312. The molecule has 0 saturated heterocycles. The average Bonchev–Trinajstić information content (AvgIpc) is 2.75. The predicted octanol–water partition coefficient (Wildman–Crippen LogP) is 2.54. The van der Waals surface area contributed by atoms with Gasteiger partial charge in [-0.25, -0.2) is 8.42 Å². The number of halogens is 1. The van der Waals surface area contributed by atoms with Gasteiger partial charge in [0.15, 0.2) is 0 Å². The zero-order valence-corrected chi connectivity index (χ0v) is 11.1. The predicted molar refractivity (Wildman–Crippen MR) is 61.6 cm³/mol. The molecule has 0 spiro atoms. The molecular weight excluding hydrogens is 236 g/mol. The molecule has 15 heavy (non-hydrogen) atoms. The van der Waals surface area contributed by atoms with Crippen molar-refractivity contribution in [2.45, 2.75) is 44.8 Å². The summed E-state index contributed by atoms with van der Waals surface area (Å²) in [4.78, 5) is 0. The van der Waals surface area contributed by atoms with Crippen LogP contribution in [0.25, 0.3) is 0 Å². The van der Waals surface area contributed by atoms with Crippen LogP contribution in [-0.2, 0) is 13.8 Å². The van der Waals surface area contributed by atoms with E-state index in [-0.39, 0.29) is 12.0 Å². The van der Waals surface area contributed by atoms with Crippen molar-refractivity contribution in [1.82, 2.24) is 0 Å². The van der Waals surface area contributed by atoms with Gasteiger partial charge in [0.05, 0.1) is 6.61 Å². The Labute approximate surface area is 96.6 Å². The van der Waals surface area contributed by atoms with Crippen molar-refractivity contribution in [1.29, 1.82) is 0 Å². The van der Waals surface area contributed by atoms with Crippen LogP contribution in [0.2, 0.25) is 0 Å². The third-order valence-corrected chi connectivity index (χ3v) is 5.23. The largest absolute Gasteiger partial charge is 0.380 e. The Balaban J connectivity index is 2.28. The van der Waals surface area contributed by atoms with Crippen molar-refractivity contribution in [2.75, 3.05) is 13.2 Å². The van der Waals surface area contributed by atoms with Crippen LogP contribution in [0.5, 0.6) is 0 Å². The first-order valence-corrected chi connectivity index (χ1v) is 7.49. The molecule has 0 radical (unpaired) electrons. The molecule has 1 aliphatic rings. The summed E-state index contributed by atoms with van der Waals surface area (Å²) in [5.74, 6) is 0. The number of rotatable bonds is 5. The molecule has 0 amide bonds. The maximum atomic E-state index is 11.2. The Morgan fingerprint density at radius 3 is 2.20 bits per heavy atom. The molecular formula is C10H19ClO3S. The molecule has 0 heterocycles. The van der Waals surface area contributed by atoms with Crippen LogP contribution in [0.4, 0.5) is 0 Å². The Hall–Kier alpha value is 0.200. The van der Waals surface area contributed by atoms with E-state index >= 15 is 0 Å². The number of ether oxygens (including phenoxy) is 1. The van der Waals surface area contributed by atoms with E-state index in [1.807, 2.05) is 0 Å². The summed E-state index contributed by atoms with van der Waals surface area (Å²) in [6, 6.07) is 0. The lowest BCUT2D eigenvalue weighted by Gasteiger charge is -2.19. The fourth-order valence-electron chi connectivity index (χ4n) is 1.23. The maximum absolute atomic E-state index is 11.2. The van der Waals surface area contributed by atoms with E-state index in [4.69, 9.17) is 15.4 Å². The van der Waals surface area contributed by atoms with Crippen LogP contribution in [0.1, 0.15) is 40.0 Å². The minimum absolute atomic E-state index is 0.219. The second-order valence-electron chi connectivity index (χ2n) is 5.48. The lowest BCUT2D eigenvalue weighted by atomic mass is 9.93. The molecule has 0 N–H and O–H groups in total. The first kappa shape index (κ1) is 13.3. The number of hydrogen-bond acceptors (Lipinski definition) is 3. The van der Waals surface area contributed by atoms with Gasteiger partial charge in [0.1, 0.15) is 4.75 Å². The molecule has 0 unspecified atom stereocenters. The lowest BCUT2D eigenvalue weighted by Crippen LogP contribution is -2.25. The molecule has 3 nitrogen and oxygen atoms in total. The van der Waals surface area contributed by atoms with Crippen molar-refractivity contribution in [3.05, 3.63) is 0 Å². The Kier molecular flexibility index (Phi) is 3.74. The molecule has 0 aromatic rings. The van der Waals surface area contributed by atoms with Crippen molar-refractivity contribution in [3.8, 4) is 0 Å². The average molecular weight is 255 g/mol. The van der Waals surface area contributed by atoms with Crippen LogP contribution in [-0.4, -0.2) is 26.4 Å². The van der Waals surface area contributed by atoms with E-state index in [9.17, 15) is 8.42 Å².